The summed E-state index contributed by atoms with van der Waals surface area (Å²) in [4.78, 5) is 4.67. The molecule has 1 atom stereocenters. The smallest absolute Gasteiger partial charge is 0.199 e. The molecule has 1 fully saturated rings. The van der Waals surface area contributed by atoms with Crippen molar-refractivity contribution in [1.82, 2.24) is 10.3 Å². The quantitative estimate of drug-likeness (QED) is 0.764. The van der Waals surface area contributed by atoms with Crippen LogP contribution in [0.25, 0.3) is 0 Å². The SMILES string of the molecule is C1CCc2oc(C3CCCNC3)nc2C1. The Kier molecular flexibility index (Phi) is 2.49. The molecular formula is C12H18N2O. The molecule has 0 spiro atoms. The van der Waals surface area contributed by atoms with Crippen molar-refractivity contribution in [2.24, 2.45) is 0 Å². The lowest BCUT2D eigenvalue weighted by molar-refractivity contribution is 0.360. The van der Waals surface area contributed by atoms with Crippen LogP contribution < -0.4 is 5.32 Å². The standard InChI is InChI=1S/C12H18N2O/c1-2-6-11-10(5-1)14-12(15-11)9-4-3-7-13-8-9/h9,13H,1-8H2. The Bertz CT molecular complexity index is 316. The summed E-state index contributed by atoms with van der Waals surface area (Å²) in [6.07, 6.45) is 7.25. The summed E-state index contributed by atoms with van der Waals surface area (Å²) < 4.78 is 5.89. The van der Waals surface area contributed by atoms with Gasteiger partial charge in [-0.15, -0.1) is 0 Å². The van der Waals surface area contributed by atoms with Crippen molar-refractivity contribution in [3.05, 3.63) is 17.3 Å². The number of nitrogens with zero attached hydrogens (tertiary/aromatic N) is 1. The molecule has 3 heteroatoms. The van der Waals surface area contributed by atoms with E-state index in [0.29, 0.717) is 5.92 Å². The van der Waals surface area contributed by atoms with E-state index in [-0.39, 0.29) is 0 Å². The number of oxazole rings is 1. The van der Waals surface area contributed by atoms with E-state index in [4.69, 9.17) is 4.42 Å². The molecule has 1 aliphatic carbocycles. The predicted octanol–water partition coefficient (Wildman–Crippen LogP) is 2.02. The van der Waals surface area contributed by atoms with Crippen LogP contribution in [0.2, 0.25) is 0 Å². The zero-order valence-corrected chi connectivity index (χ0v) is 9.09. The average molecular weight is 206 g/mol. The molecule has 1 aromatic rings. The highest BCUT2D eigenvalue weighted by molar-refractivity contribution is 5.15. The van der Waals surface area contributed by atoms with Crippen molar-refractivity contribution in [2.75, 3.05) is 13.1 Å². The molecule has 3 rings (SSSR count). The number of rotatable bonds is 1. The van der Waals surface area contributed by atoms with Crippen LogP contribution in [0.5, 0.6) is 0 Å². The summed E-state index contributed by atoms with van der Waals surface area (Å²) in [6.45, 7) is 2.19. The maximum absolute atomic E-state index is 5.89. The highest BCUT2D eigenvalue weighted by Crippen LogP contribution is 2.28. The summed E-state index contributed by atoms with van der Waals surface area (Å²) in [7, 11) is 0. The van der Waals surface area contributed by atoms with Gasteiger partial charge in [0.25, 0.3) is 0 Å². The second kappa shape index (κ2) is 3.97. The molecule has 3 nitrogen and oxygen atoms in total. The van der Waals surface area contributed by atoms with Gasteiger partial charge in [-0.25, -0.2) is 4.98 Å². The predicted molar refractivity (Wildman–Crippen MR) is 58.0 cm³/mol. The van der Waals surface area contributed by atoms with Gasteiger partial charge < -0.3 is 9.73 Å². The van der Waals surface area contributed by atoms with E-state index >= 15 is 0 Å². The fourth-order valence-corrected chi connectivity index (χ4v) is 2.61. The minimum Gasteiger partial charge on any atom is -0.445 e. The van der Waals surface area contributed by atoms with Crippen molar-refractivity contribution in [2.45, 2.75) is 44.4 Å². The van der Waals surface area contributed by atoms with Crippen molar-refractivity contribution >= 4 is 0 Å². The normalized spacial score (nSPS) is 26.3. The van der Waals surface area contributed by atoms with Crippen LogP contribution in [-0.2, 0) is 12.8 Å². The molecule has 1 saturated heterocycles. The maximum Gasteiger partial charge on any atom is 0.199 e. The lowest BCUT2D eigenvalue weighted by Gasteiger charge is -2.19. The number of hydrogen-bond acceptors (Lipinski definition) is 3. The summed E-state index contributed by atoms with van der Waals surface area (Å²) in [6, 6.07) is 0. The first-order chi connectivity index (χ1) is 7.43. The van der Waals surface area contributed by atoms with Crippen LogP contribution in [0, 0.1) is 0 Å². The molecule has 2 heterocycles. The largest absolute Gasteiger partial charge is 0.445 e. The molecule has 0 amide bonds. The van der Waals surface area contributed by atoms with E-state index in [1.165, 1.54) is 37.1 Å². The Labute approximate surface area is 90.3 Å². The third-order valence-corrected chi connectivity index (χ3v) is 3.51. The Morgan fingerprint density at radius 3 is 2.93 bits per heavy atom. The van der Waals surface area contributed by atoms with Gasteiger partial charge in [0.2, 0.25) is 0 Å². The lowest BCUT2D eigenvalue weighted by atomic mass is 10.00. The topological polar surface area (TPSA) is 38.1 Å². The number of nitrogens with one attached hydrogen (secondary N) is 1. The Hall–Kier alpha value is -0.830. The molecule has 0 radical (unpaired) electrons. The third-order valence-electron chi connectivity index (χ3n) is 3.51. The van der Waals surface area contributed by atoms with Gasteiger partial charge in [-0.1, -0.05) is 0 Å². The third kappa shape index (κ3) is 1.81. The van der Waals surface area contributed by atoms with E-state index in [0.717, 1.165) is 31.8 Å². The van der Waals surface area contributed by atoms with Crippen LogP contribution in [0.15, 0.2) is 4.42 Å². The first-order valence-corrected chi connectivity index (χ1v) is 6.12. The average Bonchev–Trinajstić information content (AvgIpc) is 2.74. The minimum atomic E-state index is 0.518. The number of aryl methyl sites for hydroxylation is 2. The molecule has 0 aromatic carbocycles. The minimum absolute atomic E-state index is 0.518. The van der Waals surface area contributed by atoms with Gasteiger partial charge in [0, 0.05) is 18.9 Å². The summed E-state index contributed by atoms with van der Waals surface area (Å²) in [5.41, 5.74) is 1.24. The molecular weight excluding hydrogens is 188 g/mol. The van der Waals surface area contributed by atoms with Crippen molar-refractivity contribution in [1.29, 1.82) is 0 Å². The van der Waals surface area contributed by atoms with Gasteiger partial charge in [-0.05, 0) is 38.6 Å². The molecule has 15 heavy (non-hydrogen) atoms. The van der Waals surface area contributed by atoms with E-state index in [1.807, 2.05) is 0 Å². The van der Waals surface area contributed by atoms with Crippen LogP contribution in [-0.4, -0.2) is 18.1 Å². The van der Waals surface area contributed by atoms with Crippen LogP contribution in [0.4, 0.5) is 0 Å². The van der Waals surface area contributed by atoms with Gasteiger partial charge in [-0.3, -0.25) is 0 Å². The van der Waals surface area contributed by atoms with Crippen molar-refractivity contribution in [3.63, 3.8) is 0 Å². The molecule has 0 saturated carbocycles. The van der Waals surface area contributed by atoms with Crippen LogP contribution in [0.1, 0.15) is 48.9 Å². The zero-order valence-electron chi connectivity index (χ0n) is 9.09. The fourth-order valence-electron chi connectivity index (χ4n) is 2.61. The van der Waals surface area contributed by atoms with Crippen molar-refractivity contribution < 1.29 is 4.42 Å². The molecule has 2 aliphatic rings. The highest BCUT2D eigenvalue weighted by Gasteiger charge is 2.23. The summed E-state index contributed by atoms with van der Waals surface area (Å²) in [5.74, 6) is 2.68. The van der Waals surface area contributed by atoms with E-state index in [1.54, 1.807) is 0 Å². The highest BCUT2D eigenvalue weighted by atomic mass is 16.4. The maximum atomic E-state index is 5.89. The van der Waals surface area contributed by atoms with Gasteiger partial charge in [0.05, 0.1) is 5.69 Å². The first-order valence-electron chi connectivity index (χ1n) is 6.12. The van der Waals surface area contributed by atoms with Crippen LogP contribution in [0.3, 0.4) is 0 Å². The van der Waals surface area contributed by atoms with Gasteiger partial charge >= 0.3 is 0 Å². The first kappa shape index (κ1) is 9.40. The van der Waals surface area contributed by atoms with E-state index in [9.17, 15) is 0 Å². The van der Waals surface area contributed by atoms with Gasteiger partial charge in [0.15, 0.2) is 5.89 Å². The van der Waals surface area contributed by atoms with E-state index in [2.05, 4.69) is 10.3 Å². The Morgan fingerprint density at radius 1 is 1.20 bits per heavy atom. The Balaban J connectivity index is 1.82. The van der Waals surface area contributed by atoms with E-state index < -0.39 is 0 Å². The molecule has 1 aliphatic heterocycles. The molecule has 1 unspecified atom stereocenters. The summed E-state index contributed by atoms with van der Waals surface area (Å²) in [5, 5.41) is 3.41. The fraction of sp³-hybridized carbons (Fsp3) is 0.750. The Morgan fingerprint density at radius 2 is 2.13 bits per heavy atom. The number of hydrogen-bond donors (Lipinski definition) is 1. The lowest BCUT2D eigenvalue weighted by Crippen LogP contribution is -2.28. The molecule has 1 aromatic heterocycles. The monoisotopic (exact) mass is 206 g/mol. The zero-order chi connectivity index (χ0) is 10.1. The van der Waals surface area contributed by atoms with Gasteiger partial charge in [-0.2, -0.15) is 0 Å². The van der Waals surface area contributed by atoms with Gasteiger partial charge in [0.1, 0.15) is 5.76 Å². The number of piperidine rings is 1. The molecule has 0 bridgehead atoms. The number of aromatic nitrogens is 1. The molecule has 1 N–H and O–H groups in total. The second-order valence-electron chi connectivity index (χ2n) is 4.67. The summed E-state index contributed by atoms with van der Waals surface area (Å²) >= 11 is 0. The number of fused-ring (bicyclic) bond motifs is 1. The van der Waals surface area contributed by atoms with Crippen LogP contribution >= 0.6 is 0 Å². The second-order valence-corrected chi connectivity index (χ2v) is 4.67. The molecule has 82 valence electrons. The van der Waals surface area contributed by atoms with Crippen molar-refractivity contribution in [3.8, 4) is 0 Å².